The van der Waals surface area contributed by atoms with Gasteiger partial charge in [-0.25, -0.2) is 9.59 Å². The van der Waals surface area contributed by atoms with Gasteiger partial charge in [-0.3, -0.25) is 9.59 Å². The number of hydrogen-bond acceptors (Lipinski definition) is 6. The van der Waals surface area contributed by atoms with Crippen molar-refractivity contribution in [1.82, 2.24) is 9.97 Å². The van der Waals surface area contributed by atoms with Crippen molar-refractivity contribution >= 4 is 17.7 Å². The second-order valence-electron chi connectivity index (χ2n) is 5.67. The van der Waals surface area contributed by atoms with Gasteiger partial charge in [0.05, 0.1) is 17.9 Å². The number of hydrogen-bond donors (Lipinski definition) is 2. The van der Waals surface area contributed by atoms with Crippen LogP contribution in [0.3, 0.4) is 0 Å². The molecule has 8 heteroatoms. The normalized spacial score (nSPS) is 11.7. The Bertz CT molecular complexity index is 909. The highest BCUT2D eigenvalue weighted by molar-refractivity contribution is 6.04. The Morgan fingerprint density at radius 3 is 2.50 bits per heavy atom. The Kier molecular flexibility index (Phi) is 5.76. The van der Waals surface area contributed by atoms with E-state index < -0.39 is 29.4 Å². The number of ketones is 1. The van der Waals surface area contributed by atoms with Gasteiger partial charge in [0.25, 0.3) is 5.56 Å². The van der Waals surface area contributed by atoms with Crippen LogP contribution in [0.2, 0.25) is 0 Å². The van der Waals surface area contributed by atoms with Crippen LogP contribution in [0.25, 0.3) is 0 Å². The Balaban J connectivity index is 2.22. The van der Waals surface area contributed by atoms with Gasteiger partial charge in [-0.1, -0.05) is 0 Å². The second-order valence-corrected chi connectivity index (χ2v) is 5.67. The molecule has 0 radical (unpaired) electrons. The minimum atomic E-state index is -1.14. The molecule has 8 nitrogen and oxygen atoms in total. The number of rotatable bonds is 6. The number of carbonyl (C=O) groups excluding carboxylic acids is 3. The Morgan fingerprint density at radius 2 is 1.88 bits per heavy atom. The van der Waals surface area contributed by atoms with Crippen LogP contribution >= 0.6 is 0 Å². The van der Waals surface area contributed by atoms with Crippen molar-refractivity contribution in [2.24, 2.45) is 0 Å². The summed E-state index contributed by atoms with van der Waals surface area (Å²) in [7, 11) is 0. The van der Waals surface area contributed by atoms with Crippen LogP contribution in [0.15, 0.2) is 23.1 Å². The van der Waals surface area contributed by atoms with E-state index in [-0.39, 0.29) is 23.4 Å². The average Bonchev–Trinajstić information content (AvgIpc) is 2.89. The van der Waals surface area contributed by atoms with E-state index in [9.17, 15) is 19.2 Å². The SMILES string of the molecule is CCOC(=O)c1c(C)[nH]c(C(=O)[C@@H](C)OC(=O)c2ccc[nH]c2=O)c1C. The summed E-state index contributed by atoms with van der Waals surface area (Å²) in [5, 5.41) is 0. The van der Waals surface area contributed by atoms with Gasteiger partial charge in [-0.2, -0.15) is 0 Å². The first-order valence-electron chi connectivity index (χ1n) is 8.07. The molecule has 138 valence electrons. The van der Waals surface area contributed by atoms with Crippen molar-refractivity contribution in [3.63, 3.8) is 0 Å². The molecular weight excluding hydrogens is 340 g/mol. The molecule has 0 aromatic carbocycles. The number of aromatic nitrogens is 2. The summed E-state index contributed by atoms with van der Waals surface area (Å²) in [5.41, 5.74) is 0.558. The van der Waals surface area contributed by atoms with Crippen molar-refractivity contribution < 1.29 is 23.9 Å². The molecule has 0 aliphatic carbocycles. The van der Waals surface area contributed by atoms with Gasteiger partial charge in [0.1, 0.15) is 5.56 Å². The van der Waals surface area contributed by atoms with Crippen molar-refractivity contribution in [2.75, 3.05) is 6.61 Å². The summed E-state index contributed by atoms with van der Waals surface area (Å²) >= 11 is 0. The van der Waals surface area contributed by atoms with Gasteiger partial charge in [-0.05, 0) is 45.4 Å². The zero-order chi connectivity index (χ0) is 19.4. The van der Waals surface area contributed by atoms with Gasteiger partial charge in [0, 0.05) is 11.9 Å². The smallest absolute Gasteiger partial charge is 0.344 e. The molecule has 0 aliphatic rings. The quantitative estimate of drug-likeness (QED) is 0.600. The van der Waals surface area contributed by atoms with E-state index in [2.05, 4.69) is 9.97 Å². The van der Waals surface area contributed by atoms with Gasteiger partial charge < -0.3 is 19.4 Å². The molecule has 2 heterocycles. The average molecular weight is 360 g/mol. The Morgan fingerprint density at radius 1 is 1.19 bits per heavy atom. The second kappa shape index (κ2) is 7.81. The van der Waals surface area contributed by atoms with E-state index in [4.69, 9.17) is 9.47 Å². The zero-order valence-electron chi connectivity index (χ0n) is 15.0. The minimum Gasteiger partial charge on any atom is -0.462 e. The molecule has 2 N–H and O–H groups in total. The topological polar surface area (TPSA) is 118 Å². The molecule has 2 aromatic heterocycles. The van der Waals surface area contributed by atoms with Crippen LogP contribution in [0.1, 0.15) is 56.3 Å². The molecule has 0 saturated carbocycles. The van der Waals surface area contributed by atoms with Gasteiger partial charge in [0.2, 0.25) is 5.78 Å². The number of pyridine rings is 1. The molecule has 0 saturated heterocycles. The van der Waals surface area contributed by atoms with Crippen LogP contribution < -0.4 is 5.56 Å². The van der Waals surface area contributed by atoms with Crippen molar-refractivity contribution in [2.45, 2.75) is 33.8 Å². The molecule has 1 atom stereocenters. The summed E-state index contributed by atoms with van der Waals surface area (Å²) in [6.07, 6.45) is 0.240. The van der Waals surface area contributed by atoms with Gasteiger partial charge in [0.15, 0.2) is 6.10 Å². The van der Waals surface area contributed by atoms with Crippen LogP contribution in [0, 0.1) is 13.8 Å². The number of esters is 2. The summed E-state index contributed by atoms with van der Waals surface area (Å²) < 4.78 is 10.1. The van der Waals surface area contributed by atoms with E-state index in [1.54, 1.807) is 20.8 Å². The lowest BCUT2D eigenvalue weighted by Crippen LogP contribution is -2.28. The molecule has 0 unspecified atom stereocenters. The zero-order valence-corrected chi connectivity index (χ0v) is 15.0. The van der Waals surface area contributed by atoms with Crippen LogP contribution in [0.5, 0.6) is 0 Å². The highest BCUT2D eigenvalue weighted by atomic mass is 16.5. The monoisotopic (exact) mass is 360 g/mol. The molecule has 0 spiro atoms. The number of aryl methyl sites for hydroxylation is 1. The summed E-state index contributed by atoms with van der Waals surface area (Å²) in [4.78, 5) is 53.5. The van der Waals surface area contributed by atoms with Gasteiger partial charge in [-0.15, -0.1) is 0 Å². The lowest BCUT2D eigenvalue weighted by molar-refractivity contribution is 0.0315. The Labute approximate surface area is 149 Å². The number of aromatic amines is 2. The van der Waals surface area contributed by atoms with E-state index in [0.717, 1.165) is 0 Å². The predicted octanol–water partition coefficient (Wildman–Crippen LogP) is 1.92. The fourth-order valence-corrected chi connectivity index (χ4v) is 2.57. The predicted molar refractivity (Wildman–Crippen MR) is 92.5 cm³/mol. The van der Waals surface area contributed by atoms with Crippen molar-refractivity contribution in [1.29, 1.82) is 0 Å². The third-order valence-electron chi connectivity index (χ3n) is 3.85. The van der Waals surface area contributed by atoms with E-state index in [1.165, 1.54) is 25.3 Å². The Hall–Kier alpha value is -3.16. The van der Waals surface area contributed by atoms with Gasteiger partial charge >= 0.3 is 11.9 Å². The number of nitrogens with one attached hydrogen (secondary N) is 2. The largest absolute Gasteiger partial charge is 0.462 e. The van der Waals surface area contributed by atoms with Crippen molar-refractivity contribution in [3.05, 3.63) is 56.8 Å². The molecule has 0 bridgehead atoms. The lowest BCUT2D eigenvalue weighted by Gasteiger charge is -2.12. The summed E-state index contributed by atoms with van der Waals surface area (Å²) in [6, 6.07) is 2.79. The highest BCUT2D eigenvalue weighted by Gasteiger charge is 2.28. The highest BCUT2D eigenvalue weighted by Crippen LogP contribution is 2.21. The first kappa shape index (κ1) is 19.2. The molecule has 0 aliphatic heterocycles. The molecule has 2 rings (SSSR count). The standard InChI is InChI=1S/C18H20N2O6/c1-5-25-18(24)13-9(2)14(20-10(13)3)15(21)11(4)26-17(23)12-7-6-8-19-16(12)22/h6-8,11,20H,5H2,1-4H3,(H,19,22)/t11-/m1/s1. The molecule has 26 heavy (non-hydrogen) atoms. The maximum absolute atomic E-state index is 12.6. The third kappa shape index (κ3) is 3.74. The summed E-state index contributed by atoms with van der Waals surface area (Å²) in [6.45, 7) is 6.56. The molecule has 0 amide bonds. The van der Waals surface area contributed by atoms with E-state index in [1.807, 2.05) is 0 Å². The molecular formula is C18H20N2O6. The first-order chi connectivity index (χ1) is 12.3. The number of Topliss-reactive ketones (excluding diaryl/α,β-unsaturated/α-hetero) is 1. The van der Waals surface area contributed by atoms with Crippen LogP contribution in [-0.4, -0.2) is 40.4 Å². The molecule has 0 fully saturated rings. The van der Waals surface area contributed by atoms with Crippen molar-refractivity contribution in [3.8, 4) is 0 Å². The van der Waals surface area contributed by atoms with E-state index in [0.29, 0.717) is 11.3 Å². The molecule has 2 aromatic rings. The summed E-state index contributed by atoms with van der Waals surface area (Å²) in [5.74, 6) is -1.95. The fraction of sp³-hybridized carbons (Fsp3) is 0.333. The van der Waals surface area contributed by atoms with Crippen LogP contribution in [0.4, 0.5) is 0 Å². The van der Waals surface area contributed by atoms with Crippen LogP contribution in [-0.2, 0) is 9.47 Å². The fourth-order valence-electron chi connectivity index (χ4n) is 2.57. The number of carbonyl (C=O) groups is 3. The lowest BCUT2D eigenvalue weighted by atomic mass is 10.1. The first-order valence-corrected chi connectivity index (χ1v) is 8.07. The maximum atomic E-state index is 12.6. The minimum absolute atomic E-state index is 0.160. The number of ether oxygens (including phenoxy) is 2. The number of H-pyrrole nitrogens is 2. The third-order valence-corrected chi connectivity index (χ3v) is 3.85. The van der Waals surface area contributed by atoms with E-state index >= 15 is 0 Å². The maximum Gasteiger partial charge on any atom is 0.344 e.